The van der Waals surface area contributed by atoms with Crippen LogP contribution in [0.5, 0.6) is 0 Å². The van der Waals surface area contributed by atoms with Crippen LogP contribution >= 0.6 is 0 Å². The normalized spacial score (nSPS) is 31.7. The second kappa shape index (κ2) is 4.96. The van der Waals surface area contributed by atoms with E-state index in [1.165, 1.54) is 10.9 Å². The molecule has 18 heavy (non-hydrogen) atoms. The standard InChI is InChI=1S/C9H13N4O4Se/c10-7-4(8(11)18)12-2-13(7)9-6(16)5(15)3(1-14)17-9/h2-3,5-6,9,11,14-16H,1,10H2. The van der Waals surface area contributed by atoms with Crippen molar-refractivity contribution in [2.45, 2.75) is 24.5 Å². The number of rotatable bonds is 3. The van der Waals surface area contributed by atoms with Crippen LogP contribution in [0.25, 0.3) is 0 Å². The van der Waals surface area contributed by atoms with Crippen LogP contribution in [-0.2, 0) is 4.74 Å². The molecule has 0 bridgehead atoms. The fourth-order valence-corrected chi connectivity index (χ4v) is 2.19. The van der Waals surface area contributed by atoms with Crippen molar-refractivity contribution in [3.05, 3.63) is 12.0 Å². The van der Waals surface area contributed by atoms with Gasteiger partial charge in [-0.3, -0.25) is 0 Å². The molecule has 4 atom stereocenters. The van der Waals surface area contributed by atoms with Crippen LogP contribution in [0, 0.1) is 5.41 Å². The van der Waals surface area contributed by atoms with E-state index in [1.807, 2.05) is 0 Å². The van der Waals surface area contributed by atoms with Gasteiger partial charge in [-0.05, 0) is 0 Å². The Hall–Kier alpha value is -0.961. The molecule has 2 rings (SSSR count). The number of anilines is 1. The maximum atomic E-state index is 9.83. The predicted molar refractivity (Wildman–Crippen MR) is 62.2 cm³/mol. The van der Waals surface area contributed by atoms with Gasteiger partial charge in [0.15, 0.2) is 0 Å². The number of aliphatic hydroxyl groups is 3. The predicted octanol–water partition coefficient (Wildman–Crippen LogP) is -2.43. The van der Waals surface area contributed by atoms with E-state index in [1.54, 1.807) is 0 Å². The molecule has 1 fully saturated rings. The number of hydrogen-bond acceptors (Lipinski definition) is 7. The SMILES string of the molecule is N=C([Se])c1ncn(C2OC(CO)C(O)C2O)c1N. The fraction of sp³-hybridized carbons (Fsp3) is 0.556. The molecule has 1 aliphatic rings. The molecule has 0 aliphatic carbocycles. The second-order valence-electron chi connectivity index (χ2n) is 3.94. The van der Waals surface area contributed by atoms with Gasteiger partial charge in [-0.25, -0.2) is 0 Å². The Morgan fingerprint density at radius 3 is 2.67 bits per heavy atom. The van der Waals surface area contributed by atoms with Gasteiger partial charge in [0.1, 0.15) is 0 Å². The molecule has 2 heterocycles. The Kier molecular flexibility index (Phi) is 3.71. The molecule has 1 radical (unpaired) electrons. The van der Waals surface area contributed by atoms with E-state index >= 15 is 0 Å². The summed E-state index contributed by atoms with van der Waals surface area (Å²) >= 11 is 2.48. The summed E-state index contributed by atoms with van der Waals surface area (Å²) in [6.07, 6.45) is -2.91. The average molecular weight is 320 g/mol. The van der Waals surface area contributed by atoms with Crippen molar-refractivity contribution in [3.63, 3.8) is 0 Å². The molecule has 4 unspecified atom stereocenters. The molecule has 8 nitrogen and oxygen atoms in total. The topological polar surface area (TPSA) is 138 Å². The van der Waals surface area contributed by atoms with E-state index in [0.717, 1.165) is 0 Å². The molecule has 0 saturated carbocycles. The third-order valence-corrected chi connectivity index (χ3v) is 3.24. The number of imidazole rings is 1. The first-order chi connectivity index (χ1) is 8.47. The van der Waals surface area contributed by atoms with Crippen LogP contribution in [0.4, 0.5) is 5.82 Å². The van der Waals surface area contributed by atoms with Crippen LogP contribution in [0.15, 0.2) is 6.33 Å². The Morgan fingerprint density at radius 2 is 2.22 bits per heavy atom. The molecule has 1 aliphatic heterocycles. The Labute approximate surface area is 111 Å². The zero-order valence-electron chi connectivity index (χ0n) is 9.22. The third-order valence-electron chi connectivity index (χ3n) is 2.84. The van der Waals surface area contributed by atoms with Crippen molar-refractivity contribution in [1.82, 2.24) is 9.55 Å². The van der Waals surface area contributed by atoms with Crippen molar-refractivity contribution < 1.29 is 20.1 Å². The second-order valence-corrected chi connectivity index (χ2v) is 4.80. The minimum atomic E-state index is -1.22. The molecule has 0 spiro atoms. The molecule has 9 heteroatoms. The molecule has 0 amide bonds. The number of ether oxygens (including phenoxy) is 1. The first-order valence-electron chi connectivity index (χ1n) is 5.18. The first-order valence-corrected chi connectivity index (χ1v) is 6.03. The van der Waals surface area contributed by atoms with Crippen molar-refractivity contribution in [1.29, 1.82) is 5.41 Å². The van der Waals surface area contributed by atoms with Crippen molar-refractivity contribution in [2.75, 3.05) is 12.3 Å². The summed E-state index contributed by atoms with van der Waals surface area (Å²) in [6, 6.07) is 0. The third kappa shape index (κ3) is 2.05. The van der Waals surface area contributed by atoms with Crippen LogP contribution in [-0.4, -0.2) is 70.4 Å². The summed E-state index contributed by atoms with van der Waals surface area (Å²) in [4.78, 5) is 3.92. The van der Waals surface area contributed by atoms with Gasteiger partial charge < -0.3 is 0 Å². The van der Waals surface area contributed by atoms with E-state index in [2.05, 4.69) is 21.0 Å². The van der Waals surface area contributed by atoms with E-state index in [-0.39, 0.29) is 16.1 Å². The van der Waals surface area contributed by atoms with Crippen molar-refractivity contribution in [3.8, 4) is 0 Å². The first kappa shape index (κ1) is 13.5. The number of nitrogens with zero attached hydrogens (tertiary/aromatic N) is 2. The van der Waals surface area contributed by atoms with E-state index in [0.29, 0.717) is 0 Å². The van der Waals surface area contributed by atoms with Crippen LogP contribution in [0.3, 0.4) is 0 Å². The summed E-state index contributed by atoms with van der Waals surface area (Å²) in [5.41, 5.74) is 6.03. The fourth-order valence-electron chi connectivity index (χ4n) is 1.86. The molecule has 99 valence electrons. The van der Waals surface area contributed by atoms with Gasteiger partial charge in [-0.2, -0.15) is 0 Å². The quantitative estimate of drug-likeness (QED) is 0.310. The van der Waals surface area contributed by atoms with Crippen LogP contribution in [0.2, 0.25) is 0 Å². The summed E-state index contributed by atoms with van der Waals surface area (Å²) < 4.78 is 6.70. The number of nitrogen functional groups attached to an aromatic ring is 1. The monoisotopic (exact) mass is 321 g/mol. The van der Waals surface area contributed by atoms with Crippen LogP contribution < -0.4 is 5.73 Å². The van der Waals surface area contributed by atoms with E-state index in [9.17, 15) is 10.2 Å². The van der Waals surface area contributed by atoms with E-state index < -0.39 is 31.1 Å². The molecule has 1 saturated heterocycles. The molecular formula is C9H13N4O4Se. The number of aliphatic hydroxyl groups excluding tert-OH is 3. The number of hydrogen-bond donors (Lipinski definition) is 5. The van der Waals surface area contributed by atoms with Gasteiger partial charge in [0.25, 0.3) is 0 Å². The average Bonchev–Trinajstić information content (AvgIpc) is 2.82. The van der Waals surface area contributed by atoms with Gasteiger partial charge in [-0.15, -0.1) is 0 Å². The summed E-state index contributed by atoms with van der Waals surface area (Å²) in [6.45, 7) is -0.409. The van der Waals surface area contributed by atoms with Crippen molar-refractivity contribution in [2.24, 2.45) is 0 Å². The zero-order chi connectivity index (χ0) is 13.4. The Bertz CT molecular complexity index is 465. The van der Waals surface area contributed by atoms with Crippen LogP contribution in [0.1, 0.15) is 11.9 Å². The summed E-state index contributed by atoms with van der Waals surface area (Å²) in [5.74, 6) is 0.147. The summed E-state index contributed by atoms with van der Waals surface area (Å²) in [7, 11) is 0. The molecule has 0 aromatic carbocycles. The Morgan fingerprint density at radius 1 is 1.56 bits per heavy atom. The molecule has 1 aromatic rings. The van der Waals surface area contributed by atoms with Gasteiger partial charge in [-0.1, -0.05) is 0 Å². The molecular weight excluding hydrogens is 307 g/mol. The van der Waals surface area contributed by atoms with Crippen molar-refractivity contribution >= 4 is 26.4 Å². The zero-order valence-corrected chi connectivity index (χ0v) is 10.9. The van der Waals surface area contributed by atoms with E-state index in [4.69, 9.17) is 21.0 Å². The number of nitrogens with two attached hydrogens (primary N) is 1. The molecule has 6 N–H and O–H groups in total. The van der Waals surface area contributed by atoms with Gasteiger partial charge in [0.2, 0.25) is 0 Å². The Balaban J connectivity index is 2.30. The van der Waals surface area contributed by atoms with Gasteiger partial charge in [0.05, 0.1) is 0 Å². The number of aromatic nitrogens is 2. The summed E-state index contributed by atoms with van der Waals surface area (Å²) in [5, 5.41) is 35.9. The molecule has 1 aromatic heterocycles. The minimum absolute atomic E-state index is 0.0676. The van der Waals surface area contributed by atoms with Gasteiger partial charge >= 0.3 is 110 Å². The maximum absolute atomic E-state index is 9.83. The number of nitrogens with one attached hydrogen (secondary N) is 1. The van der Waals surface area contributed by atoms with Gasteiger partial charge in [0, 0.05) is 0 Å².